The molecule has 676 valence electrons. The van der Waals surface area contributed by atoms with Crippen LogP contribution in [-0.4, -0.2) is 171 Å². The van der Waals surface area contributed by atoms with E-state index in [9.17, 15) is 48.4 Å². The predicted octanol–water partition coefficient (Wildman–Crippen LogP) is 19.3. The zero-order chi connectivity index (χ0) is 90.3. The van der Waals surface area contributed by atoms with E-state index < -0.39 is 45.5 Å². The van der Waals surface area contributed by atoms with Crippen LogP contribution in [-0.2, 0) is 91.0 Å². The molecule has 18 rings (SSSR count). The molecule has 8 aliphatic heterocycles. The molecule has 0 atom stereocenters. The van der Waals surface area contributed by atoms with Crippen LogP contribution in [0.1, 0.15) is 205 Å². The second-order valence-corrected chi connectivity index (χ2v) is 37.7. The third kappa shape index (κ3) is 21.1. The van der Waals surface area contributed by atoms with Crippen molar-refractivity contribution in [1.29, 1.82) is 0 Å². The molecule has 0 amide bonds. The molecule has 4 N–H and O–H groups in total. The van der Waals surface area contributed by atoms with E-state index >= 15 is 0 Å². The molecule has 4 saturated heterocycles. The average Bonchev–Trinajstić information content (AvgIpc) is 1.21. The van der Waals surface area contributed by atoms with E-state index in [1.165, 1.54) is 84.5 Å². The highest BCUT2D eigenvalue weighted by molar-refractivity contribution is 5.91. The van der Waals surface area contributed by atoms with E-state index in [1.54, 1.807) is 80.4 Å². The van der Waals surface area contributed by atoms with E-state index in [0.29, 0.717) is 90.5 Å². The summed E-state index contributed by atoms with van der Waals surface area (Å²) in [5.74, 6) is -0.146. The summed E-state index contributed by atoms with van der Waals surface area (Å²) in [6.45, 7) is 24.7. The summed E-state index contributed by atoms with van der Waals surface area (Å²) in [5.41, 5.74) is 27.5. The number of likely N-dealkylation sites (tertiary alicyclic amines) is 4. The Bertz CT molecular complexity index is 4960. The fourth-order valence-electron chi connectivity index (χ4n) is 19.6. The standard InChI is InChI=1S/C27H31NO4.C27H33NO4.C26H28FNO4.C26H30FNO4/c1-18-3-6-24-23(13-18)25(22-5-4-19(15-31-2)14-21(22)16-32-24)20-7-11-28(12-8-20)17-27(9-10-27)26(29)30;1-18-5-8-24-23(13-18)25(22-7-6-19(15-31-4)14-21(22)16-32-24)20-9-11-28(12-10-20)17-27(2,3)26(29)30;1-31-14-17-2-4-21-19(12-17)15-32-23-5-3-20(27)13-22(23)24(21)18-6-10-28(11-7-18)16-26(8-9-26)25(29)30;1-26(2,25(29)30)16-28-10-8-18(9-11-28)24-21-6-4-17(14-31-3)12-19(21)15-32-23-7-5-20(27)13-22(23)24/h3-6,13-14H,7-12,15-17H2,1-2H3,(H,29,30);5-8,13-14H,9-12,15-17H2,1-4H3,(H,29,30);2-5,12-13H,6-11,14-16H2,1H3,(H,29,30);4-7,12-13H,8-11,14-16H2,1-3H3,(H,29,30). The van der Waals surface area contributed by atoms with Crippen LogP contribution in [0, 0.1) is 47.1 Å². The van der Waals surface area contributed by atoms with E-state index in [0.717, 1.165) is 213 Å². The Morgan fingerprint density at radius 3 is 0.836 bits per heavy atom. The number of carboxylic acid groups (broad SMARTS) is 4. The zero-order valence-corrected chi connectivity index (χ0v) is 75.7. The van der Waals surface area contributed by atoms with Crippen LogP contribution in [0.2, 0.25) is 0 Å². The Kier molecular flexibility index (Phi) is 28.6. The van der Waals surface area contributed by atoms with Crippen molar-refractivity contribution < 1.29 is 86.3 Å². The molecular formula is C106H122F2N4O16. The van der Waals surface area contributed by atoms with Gasteiger partial charge in [-0.3, -0.25) is 19.2 Å². The first-order chi connectivity index (χ1) is 61.5. The van der Waals surface area contributed by atoms with Gasteiger partial charge >= 0.3 is 23.9 Å². The highest BCUT2D eigenvalue weighted by atomic mass is 19.1. The van der Waals surface area contributed by atoms with Crippen molar-refractivity contribution in [2.75, 3.05) is 107 Å². The molecule has 8 heterocycles. The summed E-state index contributed by atoms with van der Waals surface area (Å²) in [6.07, 6.45) is 10.2. The van der Waals surface area contributed by atoms with Crippen molar-refractivity contribution in [3.05, 3.63) is 280 Å². The van der Waals surface area contributed by atoms with E-state index in [1.807, 2.05) is 0 Å². The van der Waals surface area contributed by atoms with Crippen molar-refractivity contribution in [3.63, 3.8) is 0 Å². The van der Waals surface area contributed by atoms with Crippen molar-refractivity contribution in [1.82, 2.24) is 19.6 Å². The van der Waals surface area contributed by atoms with Gasteiger partial charge in [-0.25, -0.2) is 8.78 Å². The third-order valence-electron chi connectivity index (χ3n) is 27.1. The molecule has 128 heavy (non-hydrogen) atoms. The number of hydrogen-bond acceptors (Lipinski definition) is 16. The molecule has 8 aromatic carbocycles. The van der Waals surface area contributed by atoms with Gasteiger partial charge in [-0.1, -0.05) is 94.1 Å². The number of ether oxygens (including phenoxy) is 8. The molecule has 2 saturated carbocycles. The first-order valence-electron chi connectivity index (χ1n) is 45.0. The van der Waals surface area contributed by atoms with Crippen molar-refractivity contribution in [3.8, 4) is 23.0 Å². The number of carbonyl (C=O) groups is 4. The largest absolute Gasteiger partial charge is 0.488 e. The molecule has 8 aromatic rings. The van der Waals surface area contributed by atoms with Gasteiger partial charge in [0.05, 0.1) is 48.1 Å². The highest BCUT2D eigenvalue weighted by Gasteiger charge is 2.52. The Hall–Kier alpha value is -10.7. The normalized spacial score (nSPS) is 18.2. The fourth-order valence-corrected chi connectivity index (χ4v) is 19.6. The van der Waals surface area contributed by atoms with Crippen LogP contribution in [0.25, 0.3) is 22.3 Å². The first-order valence-corrected chi connectivity index (χ1v) is 45.0. The summed E-state index contributed by atoms with van der Waals surface area (Å²) >= 11 is 0. The van der Waals surface area contributed by atoms with E-state index in [2.05, 4.69) is 143 Å². The molecule has 20 nitrogen and oxygen atoms in total. The number of halogens is 2. The third-order valence-corrected chi connectivity index (χ3v) is 27.1. The van der Waals surface area contributed by atoms with Gasteiger partial charge < -0.3 is 77.9 Å². The number of methoxy groups -OCH3 is 4. The molecule has 0 unspecified atom stereocenters. The zero-order valence-electron chi connectivity index (χ0n) is 75.7. The van der Waals surface area contributed by atoms with Crippen molar-refractivity contribution in [2.45, 2.75) is 171 Å². The van der Waals surface area contributed by atoms with Gasteiger partial charge in [0.25, 0.3) is 0 Å². The number of fused-ring (bicyclic) bond motifs is 8. The molecule has 22 heteroatoms. The minimum atomic E-state index is -0.791. The molecule has 0 radical (unpaired) electrons. The second kappa shape index (κ2) is 39.7. The summed E-state index contributed by atoms with van der Waals surface area (Å²) in [7, 11) is 6.79. The number of carboxylic acids is 4. The lowest BCUT2D eigenvalue weighted by atomic mass is 9.85. The maximum absolute atomic E-state index is 14.3. The van der Waals surface area contributed by atoms with Crippen LogP contribution < -0.4 is 18.9 Å². The summed E-state index contributed by atoms with van der Waals surface area (Å²) in [5, 5.41) is 38.1. The SMILES string of the molecule is COCc1ccc2c(c1)COc1ccc(C)cc1C2=C1CCN(CC(C)(C)C(=O)O)CC1.COCc1ccc2c(c1)COc1ccc(C)cc1C2=C1CCN(CC2(C(=O)O)CC2)CC1.COCc1ccc2c(c1)COc1ccc(F)cc1C2=C1CCN(CC(C)(C)C(=O)O)CC1.COCc1ccc2c(c1)COc1ccc(F)cc1C2=C1CCN(CC2(C(=O)O)CC2)CC1. The summed E-state index contributed by atoms with van der Waals surface area (Å²) in [6, 6.07) is 48.0. The number of aryl methyl sites for hydroxylation is 2. The predicted molar refractivity (Wildman–Crippen MR) is 489 cm³/mol. The quantitative estimate of drug-likeness (QED) is 0.0555. The molecule has 0 bridgehead atoms. The van der Waals surface area contributed by atoms with Crippen LogP contribution in [0.3, 0.4) is 0 Å². The molecule has 10 aliphatic rings. The average molecular weight is 1750 g/mol. The van der Waals surface area contributed by atoms with Crippen LogP contribution >= 0.6 is 0 Å². The van der Waals surface area contributed by atoms with Gasteiger partial charge in [-0.05, 0) is 293 Å². The number of nitrogens with zero attached hydrogens (tertiary/aromatic N) is 4. The minimum absolute atomic E-state index is 0.278. The Balaban J connectivity index is 0.000000131. The first kappa shape index (κ1) is 92.1. The highest BCUT2D eigenvalue weighted by Crippen LogP contribution is 2.51. The maximum atomic E-state index is 14.3. The fraction of sp³-hybridized carbons (Fsp3) is 0.434. The maximum Gasteiger partial charge on any atom is 0.310 e. The lowest BCUT2D eigenvalue weighted by molar-refractivity contribution is -0.148. The number of piperidine rings is 4. The topological polar surface area (TPSA) is 236 Å². The van der Waals surface area contributed by atoms with Crippen LogP contribution in [0.15, 0.2) is 168 Å². The van der Waals surface area contributed by atoms with Gasteiger partial charge in [0, 0.05) is 129 Å². The van der Waals surface area contributed by atoms with Gasteiger partial charge in [0.15, 0.2) is 0 Å². The summed E-state index contributed by atoms with van der Waals surface area (Å²) in [4.78, 5) is 55.4. The lowest BCUT2D eigenvalue weighted by Gasteiger charge is -2.34. The lowest BCUT2D eigenvalue weighted by Crippen LogP contribution is -2.42. The van der Waals surface area contributed by atoms with Crippen molar-refractivity contribution >= 4 is 46.2 Å². The van der Waals surface area contributed by atoms with Gasteiger partial charge in [-0.2, -0.15) is 0 Å². The minimum Gasteiger partial charge on any atom is -0.488 e. The van der Waals surface area contributed by atoms with Crippen LogP contribution in [0.5, 0.6) is 23.0 Å². The molecule has 0 spiro atoms. The molecule has 0 aromatic heterocycles. The van der Waals surface area contributed by atoms with E-state index in [4.69, 9.17) is 37.9 Å². The monoisotopic (exact) mass is 1740 g/mol. The number of hydrogen-bond donors (Lipinski definition) is 4. The molecule has 6 fully saturated rings. The Morgan fingerprint density at radius 2 is 0.594 bits per heavy atom. The van der Waals surface area contributed by atoms with Crippen molar-refractivity contribution in [2.24, 2.45) is 21.7 Å². The number of rotatable bonds is 20. The van der Waals surface area contributed by atoms with Crippen LogP contribution in [0.4, 0.5) is 8.78 Å². The molecule has 2 aliphatic carbocycles. The molecular weight excluding hydrogens is 1620 g/mol. The van der Waals surface area contributed by atoms with Gasteiger partial charge in [-0.15, -0.1) is 0 Å². The Morgan fingerprint density at radius 1 is 0.344 bits per heavy atom. The smallest absolute Gasteiger partial charge is 0.310 e. The van der Waals surface area contributed by atoms with Gasteiger partial charge in [0.2, 0.25) is 0 Å². The van der Waals surface area contributed by atoms with Gasteiger partial charge in [0.1, 0.15) is 61.1 Å². The Labute approximate surface area is 750 Å². The second-order valence-electron chi connectivity index (χ2n) is 37.7. The van der Waals surface area contributed by atoms with E-state index in [-0.39, 0.29) is 11.6 Å². The number of benzene rings is 8. The summed E-state index contributed by atoms with van der Waals surface area (Å²) < 4.78 is 74.5. The number of aliphatic carboxylic acids is 4.